The second kappa shape index (κ2) is 5.91. The predicted octanol–water partition coefficient (Wildman–Crippen LogP) is 2.37. The van der Waals surface area contributed by atoms with Gasteiger partial charge in [0.2, 0.25) is 0 Å². The van der Waals surface area contributed by atoms with E-state index in [0.717, 1.165) is 6.42 Å². The van der Waals surface area contributed by atoms with Crippen molar-refractivity contribution in [2.45, 2.75) is 38.4 Å². The molecule has 0 saturated carbocycles. The summed E-state index contributed by atoms with van der Waals surface area (Å²) in [6.07, 6.45) is -3.40. The number of alkyl halides is 4. The van der Waals surface area contributed by atoms with E-state index >= 15 is 0 Å². The van der Waals surface area contributed by atoms with Crippen molar-refractivity contribution in [3.05, 3.63) is 0 Å². The third-order valence-electron chi connectivity index (χ3n) is 3.30. The summed E-state index contributed by atoms with van der Waals surface area (Å²) in [6.45, 7) is 1.87. The van der Waals surface area contributed by atoms with Crippen LogP contribution < -0.4 is 0 Å². The highest BCUT2D eigenvalue weighted by molar-refractivity contribution is 6.28. The van der Waals surface area contributed by atoms with Crippen molar-refractivity contribution in [1.29, 1.82) is 0 Å². The van der Waals surface area contributed by atoms with Crippen LogP contribution in [0.25, 0.3) is 0 Å². The summed E-state index contributed by atoms with van der Waals surface area (Å²) in [5.41, 5.74) is 0. The highest BCUT2D eigenvalue weighted by Gasteiger charge is 2.47. The maximum Gasteiger partial charge on any atom is 0.471 e. The zero-order valence-electron chi connectivity index (χ0n) is 9.97. The summed E-state index contributed by atoms with van der Waals surface area (Å²) in [5, 5.41) is 0. The lowest BCUT2D eigenvalue weighted by atomic mass is 9.87. The number of nitrogens with zero attached hydrogens (tertiary/aromatic N) is 1. The first-order valence-electron chi connectivity index (χ1n) is 5.77. The maximum atomic E-state index is 12.4. The molecule has 1 saturated heterocycles. The number of rotatable bonds is 3. The van der Waals surface area contributed by atoms with Crippen molar-refractivity contribution < 1.29 is 22.8 Å². The second-order valence-corrected chi connectivity index (χ2v) is 4.68. The van der Waals surface area contributed by atoms with Crippen molar-refractivity contribution in [3.8, 4) is 0 Å². The van der Waals surface area contributed by atoms with Gasteiger partial charge in [-0.1, -0.05) is 13.3 Å². The van der Waals surface area contributed by atoms with Crippen molar-refractivity contribution in [2.24, 2.45) is 5.92 Å². The number of piperidine rings is 1. The molecule has 0 bridgehead atoms. The number of carbonyl (C=O) groups excluding carboxylic acids is 2. The van der Waals surface area contributed by atoms with Gasteiger partial charge in [-0.3, -0.25) is 9.59 Å². The average Bonchev–Trinajstić information content (AvgIpc) is 2.35. The van der Waals surface area contributed by atoms with Crippen molar-refractivity contribution >= 4 is 23.3 Å². The first-order valence-corrected chi connectivity index (χ1v) is 6.31. The lowest BCUT2D eigenvalue weighted by molar-refractivity contribution is -0.190. The number of carbonyl (C=O) groups is 2. The third-order valence-corrected chi connectivity index (χ3v) is 3.56. The smallest absolute Gasteiger partial charge is 0.325 e. The van der Waals surface area contributed by atoms with Crippen LogP contribution in [-0.2, 0) is 9.59 Å². The molecule has 1 aliphatic rings. The maximum absolute atomic E-state index is 12.4. The summed E-state index contributed by atoms with van der Waals surface area (Å²) >= 11 is 5.39. The second-order valence-electron chi connectivity index (χ2n) is 4.41. The van der Waals surface area contributed by atoms with Gasteiger partial charge in [-0.15, -0.1) is 11.6 Å². The number of Topliss-reactive ketones (excluding diaryl/α,β-unsaturated/α-hetero) is 1. The van der Waals surface area contributed by atoms with Crippen LogP contribution in [0.15, 0.2) is 0 Å². The number of amides is 1. The third kappa shape index (κ3) is 3.37. The van der Waals surface area contributed by atoms with E-state index in [1.54, 1.807) is 0 Å². The molecule has 18 heavy (non-hydrogen) atoms. The molecule has 7 heteroatoms. The molecule has 2 atom stereocenters. The standard InChI is InChI=1S/C11H15ClF3NO2/c1-2-7-3-4-16(10(18)11(13,14)15)8(5-7)9(17)6-12/h7-8H,2-6H2,1H3. The van der Waals surface area contributed by atoms with Crippen LogP contribution in [0.1, 0.15) is 26.2 Å². The highest BCUT2D eigenvalue weighted by Crippen LogP contribution is 2.30. The van der Waals surface area contributed by atoms with Crippen LogP contribution in [0.5, 0.6) is 0 Å². The zero-order chi connectivity index (χ0) is 13.9. The van der Waals surface area contributed by atoms with E-state index in [9.17, 15) is 22.8 Å². The number of hydrogen-bond acceptors (Lipinski definition) is 2. The normalized spacial score (nSPS) is 25.1. The molecule has 1 heterocycles. The minimum Gasteiger partial charge on any atom is -0.325 e. The fraction of sp³-hybridized carbons (Fsp3) is 0.818. The van der Waals surface area contributed by atoms with E-state index in [4.69, 9.17) is 11.6 Å². The Hall–Kier alpha value is -0.780. The molecule has 3 nitrogen and oxygen atoms in total. The van der Waals surface area contributed by atoms with Gasteiger partial charge in [0.05, 0.1) is 11.9 Å². The van der Waals surface area contributed by atoms with Crippen molar-refractivity contribution in [2.75, 3.05) is 12.4 Å². The topological polar surface area (TPSA) is 37.4 Å². The van der Waals surface area contributed by atoms with Crippen molar-refractivity contribution in [3.63, 3.8) is 0 Å². The molecule has 1 amide bonds. The fourth-order valence-corrected chi connectivity index (χ4v) is 2.39. The Morgan fingerprint density at radius 2 is 2.00 bits per heavy atom. The van der Waals surface area contributed by atoms with Gasteiger partial charge >= 0.3 is 12.1 Å². The van der Waals surface area contributed by atoms with Gasteiger partial charge in [0.15, 0.2) is 5.78 Å². The van der Waals surface area contributed by atoms with Gasteiger partial charge in [0.1, 0.15) is 0 Å². The lowest BCUT2D eigenvalue weighted by Gasteiger charge is -2.38. The molecule has 1 fully saturated rings. The summed E-state index contributed by atoms with van der Waals surface area (Å²) < 4.78 is 37.3. The SMILES string of the molecule is CCC1CCN(C(=O)C(F)(F)F)C(C(=O)CCl)C1. The van der Waals surface area contributed by atoms with E-state index in [0.29, 0.717) is 11.3 Å². The summed E-state index contributed by atoms with van der Waals surface area (Å²) in [6, 6.07) is -1.03. The summed E-state index contributed by atoms with van der Waals surface area (Å²) in [4.78, 5) is 23.4. The van der Waals surface area contributed by atoms with E-state index in [2.05, 4.69) is 0 Å². The van der Waals surface area contributed by atoms with Crippen LogP contribution in [0.3, 0.4) is 0 Å². The lowest BCUT2D eigenvalue weighted by Crippen LogP contribution is -2.54. The van der Waals surface area contributed by atoms with Crippen LogP contribution >= 0.6 is 11.6 Å². The Morgan fingerprint density at radius 1 is 1.39 bits per heavy atom. The van der Waals surface area contributed by atoms with Crippen LogP contribution in [0, 0.1) is 5.92 Å². The van der Waals surface area contributed by atoms with Gasteiger partial charge in [-0.25, -0.2) is 0 Å². The minimum atomic E-state index is -4.94. The highest BCUT2D eigenvalue weighted by atomic mass is 35.5. The molecule has 1 aliphatic heterocycles. The Morgan fingerprint density at radius 3 is 2.44 bits per heavy atom. The number of likely N-dealkylation sites (tertiary alicyclic amines) is 1. The Balaban J connectivity index is 2.88. The molecule has 2 unspecified atom stereocenters. The van der Waals surface area contributed by atoms with Gasteiger partial charge in [0, 0.05) is 6.54 Å². The van der Waals surface area contributed by atoms with Gasteiger partial charge < -0.3 is 4.90 Å². The van der Waals surface area contributed by atoms with E-state index in [-0.39, 0.29) is 24.8 Å². The summed E-state index contributed by atoms with van der Waals surface area (Å²) in [5.74, 6) is -2.67. The largest absolute Gasteiger partial charge is 0.471 e. The predicted molar refractivity (Wildman–Crippen MR) is 60.3 cm³/mol. The number of halogens is 4. The molecular formula is C11H15ClF3NO2. The van der Waals surface area contributed by atoms with E-state index in [1.165, 1.54) is 0 Å². The van der Waals surface area contributed by atoms with Crippen LogP contribution in [-0.4, -0.2) is 41.2 Å². The van der Waals surface area contributed by atoms with Gasteiger partial charge in [-0.05, 0) is 18.8 Å². The molecule has 0 aromatic rings. The Bertz CT molecular complexity index is 333. The monoisotopic (exact) mass is 285 g/mol. The van der Waals surface area contributed by atoms with Crippen LogP contribution in [0.2, 0.25) is 0 Å². The first-order chi connectivity index (χ1) is 8.31. The molecule has 0 aliphatic carbocycles. The average molecular weight is 286 g/mol. The quantitative estimate of drug-likeness (QED) is 0.747. The van der Waals surface area contributed by atoms with Gasteiger partial charge in [0.25, 0.3) is 0 Å². The minimum absolute atomic E-state index is 0.0376. The van der Waals surface area contributed by atoms with Crippen molar-refractivity contribution in [1.82, 2.24) is 4.90 Å². The molecule has 104 valence electrons. The molecular weight excluding hydrogens is 271 g/mol. The zero-order valence-corrected chi connectivity index (χ0v) is 10.7. The van der Waals surface area contributed by atoms with E-state index < -0.39 is 23.9 Å². The molecule has 0 radical (unpaired) electrons. The summed E-state index contributed by atoms with van der Waals surface area (Å²) in [7, 11) is 0. The molecule has 0 spiro atoms. The number of hydrogen-bond donors (Lipinski definition) is 0. The van der Waals surface area contributed by atoms with E-state index in [1.807, 2.05) is 6.92 Å². The number of ketones is 1. The molecule has 1 rings (SSSR count). The van der Waals surface area contributed by atoms with Gasteiger partial charge in [-0.2, -0.15) is 13.2 Å². The Kier molecular flexibility index (Phi) is 5.01. The van der Waals surface area contributed by atoms with Crippen LogP contribution in [0.4, 0.5) is 13.2 Å². The molecule has 0 aromatic carbocycles. The fourth-order valence-electron chi connectivity index (χ4n) is 2.21. The Labute approximate surface area is 108 Å². The molecule has 0 aromatic heterocycles. The first kappa shape index (κ1) is 15.3. The molecule has 0 N–H and O–H groups in total.